The Morgan fingerprint density at radius 1 is 0.974 bits per heavy atom. The topological polar surface area (TPSA) is 83.4 Å². The van der Waals surface area contributed by atoms with Gasteiger partial charge in [-0.25, -0.2) is 4.68 Å². The molecule has 4 aromatic rings. The van der Waals surface area contributed by atoms with E-state index >= 15 is 0 Å². The van der Waals surface area contributed by atoms with Crippen molar-refractivity contribution in [3.63, 3.8) is 0 Å². The summed E-state index contributed by atoms with van der Waals surface area (Å²) in [5.74, 6) is -0.357. The second-order valence-electron chi connectivity index (χ2n) is 10.2. The first-order valence-corrected chi connectivity index (χ1v) is 13.3. The summed E-state index contributed by atoms with van der Waals surface area (Å²) in [6, 6.07) is 24.5. The number of rotatable bonds is 9. The van der Waals surface area contributed by atoms with Crippen LogP contribution in [0.15, 0.2) is 91.0 Å². The molecule has 39 heavy (non-hydrogen) atoms. The number of amides is 2. The number of hydrogen-bond donors (Lipinski definition) is 1. The van der Waals surface area contributed by atoms with Crippen molar-refractivity contribution in [2.45, 2.75) is 38.4 Å². The fraction of sp³-hybridized carbons (Fsp3) is 0.290. The average Bonchev–Trinajstić information content (AvgIpc) is 3.36. The minimum atomic E-state index is -0.647. The highest BCUT2D eigenvalue weighted by molar-refractivity contribution is 5.97. The fourth-order valence-electron chi connectivity index (χ4n) is 5.15. The molecule has 8 nitrogen and oxygen atoms in total. The third-order valence-electron chi connectivity index (χ3n) is 7.23. The number of nitrogens with zero attached hydrogens (tertiary/aromatic N) is 5. The summed E-state index contributed by atoms with van der Waals surface area (Å²) < 4.78 is 1.62. The summed E-state index contributed by atoms with van der Waals surface area (Å²) in [4.78, 5) is 31.8. The van der Waals surface area contributed by atoms with Crippen LogP contribution in [0, 0.1) is 5.92 Å². The molecule has 1 heterocycles. The lowest BCUT2D eigenvalue weighted by Crippen LogP contribution is -2.52. The van der Waals surface area contributed by atoms with Crippen LogP contribution in [0.3, 0.4) is 0 Å². The van der Waals surface area contributed by atoms with E-state index in [1.165, 1.54) is 0 Å². The highest BCUT2D eigenvalue weighted by atomic mass is 16.2. The number of para-hydroxylation sites is 1. The van der Waals surface area contributed by atoms with Crippen molar-refractivity contribution in [1.82, 2.24) is 19.9 Å². The Hall–Kier alpha value is -4.46. The number of benzene rings is 3. The minimum absolute atomic E-state index is 0.00276. The van der Waals surface area contributed by atoms with Gasteiger partial charge in [0.1, 0.15) is 18.1 Å². The first-order valence-electron chi connectivity index (χ1n) is 13.3. The number of aromatic nitrogens is 3. The van der Waals surface area contributed by atoms with Crippen molar-refractivity contribution in [2.75, 3.05) is 24.3 Å². The Bertz CT molecular complexity index is 1440. The molecule has 3 aromatic carbocycles. The van der Waals surface area contributed by atoms with Gasteiger partial charge in [-0.05, 0) is 67.1 Å². The zero-order valence-electron chi connectivity index (χ0n) is 22.4. The van der Waals surface area contributed by atoms with Gasteiger partial charge in [0.2, 0.25) is 11.8 Å². The third-order valence-corrected chi connectivity index (χ3v) is 7.23. The lowest BCUT2D eigenvalue weighted by Gasteiger charge is -2.37. The van der Waals surface area contributed by atoms with E-state index in [1.54, 1.807) is 9.58 Å². The summed E-state index contributed by atoms with van der Waals surface area (Å²) in [6.45, 7) is 0.321. The van der Waals surface area contributed by atoms with Crippen molar-refractivity contribution in [2.24, 2.45) is 5.92 Å². The summed E-state index contributed by atoms with van der Waals surface area (Å²) in [5, 5.41) is 11.6. The maximum absolute atomic E-state index is 14.1. The van der Waals surface area contributed by atoms with Crippen LogP contribution in [-0.2, 0) is 22.7 Å². The average molecular weight is 523 g/mol. The second kappa shape index (κ2) is 11.9. The lowest BCUT2D eigenvalue weighted by molar-refractivity contribution is -0.142. The van der Waals surface area contributed by atoms with Crippen LogP contribution in [0.2, 0.25) is 0 Å². The summed E-state index contributed by atoms with van der Waals surface area (Å²) in [6.07, 6.45) is 6.72. The molecule has 0 saturated carbocycles. The van der Waals surface area contributed by atoms with Crippen LogP contribution < -0.4 is 10.2 Å². The molecule has 5 rings (SSSR count). The van der Waals surface area contributed by atoms with E-state index in [2.05, 4.69) is 27.8 Å². The van der Waals surface area contributed by atoms with Gasteiger partial charge in [-0.2, -0.15) is 0 Å². The van der Waals surface area contributed by atoms with Crippen molar-refractivity contribution in [1.29, 1.82) is 0 Å². The molecule has 0 spiro atoms. The molecule has 0 saturated heterocycles. The van der Waals surface area contributed by atoms with Gasteiger partial charge in [0.25, 0.3) is 0 Å². The Kier molecular flexibility index (Phi) is 8.01. The molecule has 0 fully saturated rings. The molecule has 0 radical (unpaired) electrons. The molecular formula is C31H34N6O2. The van der Waals surface area contributed by atoms with E-state index < -0.39 is 6.04 Å². The largest absolute Gasteiger partial charge is 0.378 e. The number of carbonyl (C=O) groups excluding carboxylic acids is 2. The molecule has 8 heteroatoms. The molecule has 1 N–H and O–H groups in total. The Morgan fingerprint density at radius 3 is 2.44 bits per heavy atom. The van der Waals surface area contributed by atoms with E-state index in [0.717, 1.165) is 41.5 Å². The van der Waals surface area contributed by atoms with Crippen LogP contribution in [-0.4, -0.2) is 51.8 Å². The number of hydrogen-bond acceptors (Lipinski definition) is 5. The Labute approximate surface area is 228 Å². The van der Waals surface area contributed by atoms with Crippen LogP contribution in [0.1, 0.15) is 24.8 Å². The monoisotopic (exact) mass is 522 g/mol. The molecule has 1 aromatic heterocycles. The predicted molar refractivity (Wildman–Crippen MR) is 154 cm³/mol. The zero-order valence-corrected chi connectivity index (χ0v) is 22.4. The predicted octanol–water partition coefficient (Wildman–Crippen LogP) is 4.89. The lowest BCUT2D eigenvalue weighted by atomic mass is 9.85. The Morgan fingerprint density at radius 2 is 1.72 bits per heavy atom. The summed E-state index contributed by atoms with van der Waals surface area (Å²) >= 11 is 0. The zero-order chi connectivity index (χ0) is 27.2. The molecule has 2 atom stereocenters. The first kappa shape index (κ1) is 26.2. The van der Waals surface area contributed by atoms with E-state index in [4.69, 9.17) is 0 Å². The van der Waals surface area contributed by atoms with Crippen LogP contribution in [0.25, 0.3) is 11.0 Å². The van der Waals surface area contributed by atoms with Gasteiger partial charge in [0, 0.05) is 32.0 Å². The molecular weight excluding hydrogens is 488 g/mol. The highest BCUT2D eigenvalue weighted by Crippen LogP contribution is 2.29. The molecule has 2 amide bonds. The molecule has 0 aliphatic heterocycles. The quantitative estimate of drug-likeness (QED) is 0.317. The fourth-order valence-corrected chi connectivity index (χ4v) is 5.15. The summed E-state index contributed by atoms with van der Waals surface area (Å²) in [7, 11) is 3.96. The molecule has 1 aliphatic rings. The van der Waals surface area contributed by atoms with Gasteiger partial charge in [-0.1, -0.05) is 59.8 Å². The molecule has 2 unspecified atom stereocenters. The van der Waals surface area contributed by atoms with Gasteiger partial charge in [-0.15, -0.1) is 5.10 Å². The number of fused-ring (bicyclic) bond motifs is 1. The Balaban J connectivity index is 1.47. The smallest absolute Gasteiger partial charge is 0.247 e. The molecule has 0 bridgehead atoms. The van der Waals surface area contributed by atoms with E-state index in [0.29, 0.717) is 12.2 Å². The summed E-state index contributed by atoms with van der Waals surface area (Å²) in [5.41, 5.74) is 4.23. The van der Waals surface area contributed by atoms with E-state index in [-0.39, 0.29) is 24.3 Å². The third kappa shape index (κ3) is 6.17. The SMILES string of the molecule is CN(C)c1ccc(NC(=O)C(C2CC=CCC2)N(Cc2ccccc2)C(=O)Cn2nnc3ccccc32)cc1. The number of carbonyl (C=O) groups is 2. The van der Waals surface area contributed by atoms with Gasteiger partial charge in [0.05, 0.1) is 5.52 Å². The van der Waals surface area contributed by atoms with Crippen LogP contribution >= 0.6 is 0 Å². The van der Waals surface area contributed by atoms with Crippen molar-refractivity contribution in [3.05, 3.63) is 96.6 Å². The number of anilines is 2. The molecule has 200 valence electrons. The van der Waals surface area contributed by atoms with Crippen molar-refractivity contribution >= 4 is 34.2 Å². The normalized spacial score (nSPS) is 15.6. The van der Waals surface area contributed by atoms with Gasteiger partial charge >= 0.3 is 0 Å². The van der Waals surface area contributed by atoms with Crippen molar-refractivity contribution < 1.29 is 9.59 Å². The van der Waals surface area contributed by atoms with Crippen LogP contribution in [0.4, 0.5) is 11.4 Å². The second-order valence-corrected chi connectivity index (χ2v) is 10.2. The maximum Gasteiger partial charge on any atom is 0.247 e. The van der Waals surface area contributed by atoms with E-state index in [1.807, 2.05) is 97.9 Å². The van der Waals surface area contributed by atoms with Gasteiger partial charge in [-0.3, -0.25) is 9.59 Å². The van der Waals surface area contributed by atoms with Crippen LogP contribution in [0.5, 0.6) is 0 Å². The number of allylic oxidation sites excluding steroid dienone is 2. The van der Waals surface area contributed by atoms with Crippen molar-refractivity contribution in [3.8, 4) is 0 Å². The maximum atomic E-state index is 14.1. The molecule has 1 aliphatic carbocycles. The minimum Gasteiger partial charge on any atom is -0.378 e. The first-order chi connectivity index (χ1) is 19.0. The standard InChI is InChI=1S/C31H34N6O2/c1-35(2)26-19-17-25(18-20-26)32-31(39)30(24-13-7-4-8-14-24)36(21-23-11-5-3-6-12-23)29(38)22-37-28-16-10-9-15-27(28)33-34-37/h3-7,9-12,15-20,24,30H,8,13-14,21-22H2,1-2H3,(H,32,39). The van der Waals surface area contributed by atoms with Gasteiger partial charge in [0.15, 0.2) is 0 Å². The highest BCUT2D eigenvalue weighted by Gasteiger charge is 2.37. The van der Waals surface area contributed by atoms with Gasteiger partial charge < -0.3 is 15.1 Å². The van der Waals surface area contributed by atoms with E-state index in [9.17, 15) is 9.59 Å². The number of nitrogens with one attached hydrogen (secondary N) is 1.